The molecule has 3 aromatic rings. The van der Waals surface area contributed by atoms with Crippen molar-refractivity contribution in [1.29, 1.82) is 0 Å². The first-order valence-corrected chi connectivity index (χ1v) is 9.37. The summed E-state index contributed by atoms with van der Waals surface area (Å²) in [5.74, 6) is -0.385. The van der Waals surface area contributed by atoms with Gasteiger partial charge in [0.25, 0.3) is 0 Å². The van der Waals surface area contributed by atoms with E-state index in [1.165, 1.54) is 23.8 Å². The highest BCUT2D eigenvalue weighted by molar-refractivity contribution is 6.31. The zero-order chi connectivity index (χ0) is 19.8. The van der Waals surface area contributed by atoms with Crippen LogP contribution in [-0.4, -0.2) is 22.7 Å². The van der Waals surface area contributed by atoms with Crippen LogP contribution in [0.1, 0.15) is 29.8 Å². The van der Waals surface area contributed by atoms with Gasteiger partial charge in [-0.3, -0.25) is 0 Å². The highest BCUT2D eigenvalue weighted by Crippen LogP contribution is 2.22. The van der Waals surface area contributed by atoms with E-state index >= 15 is 0 Å². The number of nitrogens with two attached hydrogens (primary N) is 1. The Hall–Kier alpha value is -2.77. The van der Waals surface area contributed by atoms with Crippen LogP contribution in [0.15, 0.2) is 58.2 Å². The quantitative estimate of drug-likeness (QED) is 0.321. The van der Waals surface area contributed by atoms with Crippen LogP contribution in [0.3, 0.4) is 0 Å². The fourth-order valence-electron chi connectivity index (χ4n) is 2.69. The number of amidine groups is 1. The number of aliphatic imine (C=N–C) groups is 1. The molecule has 0 amide bonds. The third-order valence-corrected chi connectivity index (χ3v) is 4.45. The van der Waals surface area contributed by atoms with Gasteiger partial charge in [0.1, 0.15) is 11.5 Å². The second-order valence-electron chi connectivity index (χ2n) is 6.27. The smallest absolute Gasteiger partial charge is 0.174 e. The molecule has 146 valence electrons. The van der Waals surface area contributed by atoms with E-state index in [9.17, 15) is 4.39 Å². The lowest BCUT2D eigenvalue weighted by Crippen LogP contribution is -2.20. The molecule has 0 unspecified atom stereocenters. The van der Waals surface area contributed by atoms with Crippen LogP contribution in [0.5, 0.6) is 0 Å². The second-order valence-corrected chi connectivity index (χ2v) is 6.68. The minimum Gasteiger partial charge on any atom is -0.382 e. The van der Waals surface area contributed by atoms with Gasteiger partial charge in [-0.25, -0.2) is 14.0 Å². The van der Waals surface area contributed by atoms with Gasteiger partial charge in [-0.1, -0.05) is 47.1 Å². The molecule has 6 nitrogen and oxygen atoms in total. The molecule has 0 radical (unpaired) electrons. The molecular formula is C20H21ClFN5O. The molecule has 3 N–H and O–H groups in total. The number of aryl methyl sites for hydroxylation is 1. The van der Waals surface area contributed by atoms with Crippen molar-refractivity contribution in [2.75, 3.05) is 6.54 Å². The van der Waals surface area contributed by atoms with Gasteiger partial charge in [-0.2, -0.15) is 0 Å². The fourth-order valence-corrected chi connectivity index (χ4v) is 2.87. The van der Waals surface area contributed by atoms with E-state index in [0.717, 1.165) is 25.8 Å². The molecule has 8 heteroatoms. The standard InChI is InChI=1S/C20H21ClFN5O/c21-16-12-15(9-10-17(16)22)25-20(23)19-18(26-28-27-19)13-24-11-5-4-8-14-6-2-1-3-7-14/h1-3,6-7,9-10,12,24H,4-5,8,11,13H2,(H2,23,25). The van der Waals surface area contributed by atoms with Gasteiger partial charge in [-0.15, -0.1) is 0 Å². The van der Waals surface area contributed by atoms with Crippen molar-refractivity contribution in [2.45, 2.75) is 25.8 Å². The SMILES string of the molecule is NC(=Nc1ccc(F)c(Cl)c1)c1nonc1CNCCCCc1ccccc1. The number of benzene rings is 2. The summed E-state index contributed by atoms with van der Waals surface area (Å²) in [7, 11) is 0. The summed E-state index contributed by atoms with van der Waals surface area (Å²) in [4.78, 5) is 4.21. The normalized spacial score (nSPS) is 11.7. The minimum absolute atomic E-state index is 0.0234. The molecule has 0 spiro atoms. The fraction of sp³-hybridized carbons (Fsp3) is 0.250. The van der Waals surface area contributed by atoms with Crippen molar-refractivity contribution in [3.05, 3.63) is 76.3 Å². The molecule has 0 bridgehead atoms. The maximum Gasteiger partial charge on any atom is 0.174 e. The maximum absolute atomic E-state index is 13.2. The van der Waals surface area contributed by atoms with Crippen LogP contribution < -0.4 is 11.1 Å². The number of rotatable bonds is 9. The summed E-state index contributed by atoms with van der Waals surface area (Å²) >= 11 is 5.76. The van der Waals surface area contributed by atoms with Crippen LogP contribution in [-0.2, 0) is 13.0 Å². The number of nitrogens with one attached hydrogen (secondary N) is 1. The van der Waals surface area contributed by atoms with Gasteiger partial charge >= 0.3 is 0 Å². The molecule has 3 rings (SSSR count). The third kappa shape index (κ3) is 5.61. The van der Waals surface area contributed by atoms with E-state index in [1.807, 2.05) is 6.07 Å². The van der Waals surface area contributed by atoms with Crippen LogP contribution in [0.2, 0.25) is 5.02 Å². The lowest BCUT2D eigenvalue weighted by atomic mass is 10.1. The van der Waals surface area contributed by atoms with E-state index in [0.29, 0.717) is 23.6 Å². The van der Waals surface area contributed by atoms with Crippen molar-refractivity contribution < 1.29 is 9.02 Å². The Bertz CT molecular complexity index is 929. The zero-order valence-corrected chi connectivity index (χ0v) is 16.0. The third-order valence-electron chi connectivity index (χ3n) is 4.16. The molecule has 0 atom stereocenters. The Morgan fingerprint density at radius 2 is 1.96 bits per heavy atom. The van der Waals surface area contributed by atoms with Crippen molar-refractivity contribution in [1.82, 2.24) is 15.6 Å². The van der Waals surface area contributed by atoms with Crippen molar-refractivity contribution >= 4 is 23.1 Å². The van der Waals surface area contributed by atoms with Gasteiger partial charge in [0.15, 0.2) is 11.5 Å². The summed E-state index contributed by atoms with van der Waals surface area (Å²) in [5, 5.41) is 11.0. The number of halogens is 2. The lowest BCUT2D eigenvalue weighted by Gasteiger charge is -2.04. The van der Waals surface area contributed by atoms with Crippen LogP contribution in [0, 0.1) is 5.82 Å². The zero-order valence-electron chi connectivity index (χ0n) is 15.2. The highest BCUT2D eigenvalue weighted by Gasteiger charge is 2.14. The lowest BCUT2D eigenvalue weighted by molar-refractivity contribution is 0.301. The molecule has 0 saturated carbocycles. The second kappa shape index (κ2) is 9.96. The number of hydrogen-bond donors (Lipinski definition) is 2. The Balaban J connectivity index is 1.49. The Morgan fingerprint density at radius 1 is 1.14 bits per heavy atom. The minimum atomic E-state index is -0.514. The molecule has 0 aliphatic carbocycles. The number of unbranched alkanes of at least 4 members (excludes halogenated alkanes) is 1. The number of hydrogen-bond acceptors (Lipinski definition) is 5. The maximum atomic E-state index is 13.2. The first-order chi connectivity index (χ1) is 13.6. The first-order valence-electron chi connectivity index (χ1n) is 8.99. The molecule has 0 saturated heterocycles. The van der Waals surface area contributed by atoms with Gasteiger partial charge < -0.3 is 11.1 Å². The molecule has 2 aromatic carbocycles. The molecular weight excluding hydrogens is 381 g/mol. The monoisotopic (exact) mass is 401 g/mol. The molecule has 0 aliphatic rings. The predicted molar refractivity (Wildman–Crippen MR) is 107 cm³/mol. The van der Waals surface area contributed by atoms with Crippen molar-refractivity contribution in [2.24, 2.45) is 10.7 Å². The molecule has 0 aliphatic heterocycles. The largest absolute Gasteiger partial charge is 0.382 e. The summed E-state index contributed by atoms with van der Waals surface area (Å²) in [5.41, 5.74) is 8.69. The predicted octanol–water partition coefficient (Wildman–Crippen LogP) is 4.01. The Morgan fingerprint density at radius 3 is 2.75 bits per heavy atom. The van der Waals surface area contributed by atoms with Crippen LogP contribution in [0.4, 0.5) is 10.1 Å². The molecule has 0 fully saturated rings. The number of aromatic nitrogens is 2. The number of nitrogens with zero attached hydrogens (tertiary/aromatic N) is 3. The van der Waals surface area contributed by atoms with E-state index in [4.69, 9.17) is 22.0 Å². The van der Waals surface area contributed by atoms with E-state index < -0.39 is 5.82 Å². The summed E-state index contributed by atoms with van der Waals surface area (Å²) in [6.45, 7) is 1.30. The van der Waals surface area contributed by atoms with Crippen molar-refractivity contribution in [3.63, 3.8) is 0 Å². The molecule has 1 aromatic heterocycles. The summed E-state index contributed by atoms with van der Waals surface area (Å²) < 4.78 is 18.0. The van der Waals surface area contributed by atoms with E-state index in [-0.39, 0.29) is 10.9 Å². The van der Waals surface area contributed by atoms with Crippen LogP contribution in [0.25, 0.3) is 0 Å². The summed E-state index contributed by atoms with van der Waals surface area (Å²) in [6.07, 6.45) is 3.18. The molecule has 28 heavy (non-hydrogen) atoms. The van der Waals surface area contributed by atoms with E-state index in [2.05, 4.69) is 44.9 Å². The van der Waals surface area contributed by atoms with Crippen LogP contribution >= 0.6 is 11.6 Å². The van der Waals surface area contributed by atoms with Gasteiger partial charge in [0.2, 0.25) is 0 Å². The van der Waals surface area contributed by atoms with Gasteiger partial charge in [-0.05, 0) is 54.7 Å². The van der Waals surface area contributed by atoms with E-state index in [1.54, 1.807) is 0 Å². The Labute approximate surface area is 167 Å². The summed E-state index contributed by atoms with van der Waals surface area (Å²) in [6, 6.07) is 14.5. The molecule has 1 heterocycles. The average Bonchev–Trinajstić information content (AvgIpc) is 3.17. The average molecular weight is 402 g/mol. The highest BCUT2D eigenvalue weighted by atomic mass is 35.5. The van der Waals surface area contributed by atoms with Gasteiger partial charge in [0.05, 0.1) is 10.7 Å². The van der Waals surface area contributed by atoms with Gasteiger partial charge in [0, 0.05) is 6.54 Å². The Kier molecular flexibility index (Phi) is 7.11. The first kappa shape index (κ1) is 20.0. The van der Waals surface area contributed by atoms with Crippen molar-refractivity contribution in [3.8, 4) is 0 Å². The topological polar surface area (TPSA) is 89.3 Å².